The number of phenols is 1. The van der Waals surface area contributed by atoms with E-state index in [9.17, 15) is 9.90 Å². The molecule has 3 aromatic carbocycles. The highest BCUT2D eigenvalue weighted by atomic mass is 16.3. The second-order valence-electron chi connectivity index (χ2n) is 5.72. The number of nitrogens with one attached hydrogen (secondary N) is 1. The van der Waals surface area contributed by atoms with Gasteiger partial charge in [-0.25, -0.2) is 10.1 Å². The van der Waals surface area contributed by atoms with Crippen LogP contribution in [0, 0.1) is 0 Å². The molecule has 1 aromatic heterocycles. The first-order valence-electron chi connectivity index (χ1n) is 8.10. The van der Waals surface area contributed by atoms with Crippen molar-refractivity contribution in [1.82, 2.24) is 25.6 Å². The van der Waals surface area contributed by atoms with Gasteiger partial charge in [0, 0.05) is 11.1 Å². The molecule has 27 heavy (non-hydrogen) atoms. The Morgan fingerprint density at radius 3 is 2.67 bits per heavy atom. The van der Waals surface area contributed by atoms with Crippen molar-refractivity contribution in [2.75, 3.05) is 0 Å². The predicted molar refractivity (Wildman–Crippen MR) is 99.8 cm³/mol. The Hall–Kier alpha value is -4.07. The lowest BCUT2D eigenvalue weighted by Crippen LogP contribution is -2.17. The SMILES string of the molecule is O=C(N/N=C/c1c(O)ccc2ccccc12)c1ccc(-n2cnnn2)cc1. The van der Waals surface area contributed by atoms with Crippen LogP contribution in [0.4, 0.5) is 0 Å². The van der Waals surface area contributed by atoms with Crippen LogP contribution in [0.2, 0.25) is 0 Å². The number of carbonyl (C=O) groups excluding carboxylic acids is 1. The molecule has 0 saturated heterocycles. The zero-order valence-electron chi connectivity index (χ0n) is 14.0. The van der Waals surface area contributed by atoms with Gasteiger partial charge in [-0.3, -0.25) is 4.79 Å². The normalized spacial score (nSPS) is 11.1. The van der Waals surface area contributed by atoms with Crippen molar-refractivity contribution in [2.24, 2.45) is 5.10 Å². The molecule has 8 nitrogen and oxygen atoms in total. The first-order valence-corrected chi connectivity index (χ1v) is 8.10. The topological polar surface area (TPSA) is 105 Å². The van der Waals surface area contributed by atoms with Crippen LogP contribution < -0.4 is 5.43 Å². The second-order valence-corrected chi connectivity index (χ2v) is 5.72. The molecule has 0 bridgehead atoms. The van der Waals surface area contributed by atoms with Crippen molar-refractivity contribution in [2.45, 2.75) is 0 Å². The van der Waals surface area contributed by atoms with Gasteiger partial charge in [0.05, 0.1) is 11.9 Å². The third-order valence-electron chi connectivity index (χ3n) is 4.05. The van der Waals surface area contributed by atoms with Gasteiger partial charge < -0.3 is 5.11 Å². The molecule has 4 rings (SSSR count). The number of fused-ring (bicyclic) bond motifs is 1. The van der Waals surface area contributed by atoms with Gasteiger partial charge in [-0.2, -0.15) is 5.10 Å². The fourth-order valence-electron chi connectivity index (χ4n) is 2.68. The van der Waals surface area contributed by atoms with Crippen LogP contribution >= 0.6 is 0 Å². The number of tetrazole rings is 1. The second kappa shape index (κ2) is 7.04. The van der Waals surface area contributed by atoms with Crippen LogP contribution in [0.25, 0.3) is 16.5 Å². The standard InChI is InChI=1S/C19H14N6O2/c26-18-10-7-13-3-1-2-4-16(13)17(18)11-20-22-19(27)14-5-8-15(9-6-14)25-12-21-23-24-25/h1-12,26H,(H,22,27)/b20-11+. The number of aromatic hydroxyl groups is 1. The van der Waals surface area contributed by atoms with E-state index in [1.165, 1.54) is 17.2 Å². The van der Waals surface area contributed by atoms with Crippen molar-refractivity contribution in [1.29, 1.82) is 0 Å². The molecule has 0 unspecified atom stereocenters. The molecule has 132 valence electrons. The summed E-state index contributed by atoms with van der Waals surface area (Å²) in [5.41, 5.74) is 4.18. The maximum Gasteiger partial charge on any atom is 0.271 e. The largest absolute Gasteiger partial charge is 0.507 e. The maximum absolute atomic E-state index is 12.2. The molecule has 1 heterocycles. The number of phenolic OH excluding ortho intramolecular Hbond substituents is 1. The highest BCUT2D eigenvalue weighted by Gasteiger charge is 2.07. The molecule has 2 N–H and O–H groups in total. The smallest absolute Gasteiger partial charge is 0.271 e. The lowest BCUT2D eigenvalue weighted by atomic mass is 10.0. The van der Waals surface area contributed by atoms with Crippen molar-refractivity contribution in [3.63, 3.8) is 0 Å². The van der Waals surface area contributed by atoms with Gasteiger partial charge in [0.25, 0.3) is 5.91 Å². The quantitative estimate of drug-likeness (QED) is 0.430. The third-order valence-corrected chi connectivity index (χ3v) is 4.05. The average Bonchev–Trinajstić information content (AvgIpc) is 3.24. The van der Waals surface area contributed by atoms with Crippen LogP contribution in [0.15, 0.2) is 72.1 Å². The third kappa shape index (κ3) is 3.36. The zero-order chi connectivity index (χ0) is 18.6. The lowest BCUT2D eigenvalue weighted by molar-refractivity contribution is 0.0955. The first-order chi connectivity index (χ1) is 13.2. The van der Waals surface area contributed by atoms with Gasteiger partial charge in [-0.15, -0.1) is 5.10 Å². The van der Waals surface area contributed by atoms with Crippen molar-refractivity contribution < 1.29 is 9.90 Å². The lowest BCUT2D eigenvalue weighted by Gasteiger charge is -2.05. The number of nitrogens with zero attached hydrogens (tertiary/aromatic N) is 5. The van der Waals surface area contributed by atoms with Gasteiger partial charge >= 0.3 is 0 Å². The Balaban J connectivity index is 1.50. The van der Waals surface area contributed by atoms with Crippen LogP contribution in [-0.2, 0) is 0 Å². The van der Waals surface area contributed by atoms with Gasteiger partial charge in [-0.1, -0.05) is 30.3 Å². The average molecular weight is 358 g/mol. The Kier molecular flexibility index (Phi) is 4.28. The number of hydrazone groups is 1. The van der Waals surface area contributed by atoms with Crippen LogP contribution in [0.3, 0.4) is 0 Å². The molecule has 0 saturated carbocycles. The summed E-state index contributed by atoms with van der Waals surface area (Å²) in [4.78, 5) is 12.2. The fraction of sp³-hybridized carbons (Fsp3) is 0. The Labute approximate surface area is 153 Å². The molecule has 4 aromatic rings. The van der Waals surface area contributed by atoms with Gasteiger partial charge in [-0.05, 0) is 51.5 Å². The minimum Gasteiger partial charge on any atom is -0.507 e. The van der Waals surface area contributed by atoms with E-state index in [1.54, 1.807) is 30.3 Å². The summed E-state index contributed by atoms with van der Waals surface area (Å²) < 4.78 is 1.49. The molecule has 0 atom stereocenters. The van der Waals surface area contributed by atoms with Crippen molar-refractivity contribution >= 4 is 22.9 Å². The number of rotatable bonds is 4. The summed E-state index contributed by atoms with van der Waals surface area (Å²) in [7, 11) is 0. The zero-order valence-corrected chi connectivity index (χ0v) is 14.0. The number of aromatic nitrogens is 4. The Morgan fingerprint density at radius 2 is 1.89 bits per heavy atom. The van der Waals surface area contributed by atoms with E-state index in [-0.39, 0.29) is 11.7 Å². The molecular weight excluding hydrogens is 344 g/mol. The molecule has 0 aliphatic carbocycles. The molecule has 0 radical (unpaired) electrons. The molecule has 0 aliphatic rings. The number of amides is 1. The summed E-state index contributed by atoms with van der Waals surface area (Å²) in [6, 6.07) is 17.8. The minimum absolute atomic E-state index is 0.0949. The predicted octanol–water partition coefficient (Wildman–Crippen LogP) is 2.28. The number of carbonyl (C=O) groups is 1. The van der Waals surface area contributed by atoms with E-state index in [0.29, 0.717) is 11.1 Å². The minimum atomic E-state index is -0.366. The molecule has 8 heteroatoms. The Morgan fingerprint density at radius 1 is 1.07 bits per heavy atom. The van der Waals surface area contributed by atoms with Gasteiger partial charge in [0.1, 0.15) is 12.1 Å². The number of benzene rings is 3. The van der Waals surface area contributed by atoms with Crippen LogP contribution in [0.5, 0.6) is 5.75 Å². The summed E-state index contributed by atoms with van der Waals surface area (Å²) >= 11 is 0. The highest BCUT2D eigenvalue weighted by Crippen LogP contribution is 2.25. The van der Waals surface area contributed by atoms with Gasteiger partial charge in [0.15, 0.2) is 0 Å². The fourth-order valence-corrected chi connectivity index (χ4v) is 2.68. The molecule has 1 amide bonds. The first kappa shape index (κ1) is 16.4. The summed E-state index contributed by atoms with van der Waals surface area (Å²) in [5, 5.41) is 26.8. The van der Waals surface area contributed by atoms with E-state index < -0.39 is 0 Å². The van der Waals surface area contributed by atoms with Crippen molar-refractivity contribution in [3.05, 3.63) is 78.1 Å². The van der Waals surface area contributed by atoms with E-state index >= 15 is 0 Å². The monoisotopic (exact) mass is 358 g/mol. The molecular formula is C19H14N6O2. The Bertz CT molecular complexity index is 1120. The summed E-state index contributed by atoms with van der Waals surface area (Å²) in [6.45, 7) is 0. The summed E-state index contributed by atoms with van der Waals surface area (Å²) in [5.74, 6) is -0.272. The van der Waals surface area contributed by atoms with Crippen LogP contribution in [0.1, 0.15) is 15.9 Å². The van der Waals surface area contributed by atoms with Crippen molar-refractivity contribution in [3.8, 4) is 11.4 Å². The van der Waals surface area contributed by atoms with E-state index in [4.69, 9.17) is 0 Å². The number of hydrogen-bond acceptors (Lipinski definition) is 6. The maximum atomic E-state index is 12.2. The molecule has 0 aliphatic heterocycles. The number of hydrogen-bond donors (Lipinski definition) is 2. The molecule has 0 fully saturated rings. The van der Waals surface area contributed by atoms with E-state index in [2.05, 4.69) is 26.1 Å². The highest BCUT2D eigenvalue weighted by molar-refractivity contribution is 6.03. The molecule has 0 spiro atoms. The summed E-state index contributed by atoms with van der Waals surface area (Å²) in [6.07, 6.45) is 2.90. The van der Waals surface area contributed by atoms with E-state index in [0.717, 1.165) is 16.5 Å². The van der Waals surface area contributed by atoms with E-state index in [1.807, 2.05) is 30.3 Å². The van der Waals surface area contributed by atoms with Crippen LogP contribution in [-0.4, -0.2) is 37.4 Å². The van der Waals surface area contributed by atoms with Gasteiger partial charge in [0.2, 0.25) is 0 Å².